The van der Waals surface area contributed by atoms with E-state index in [4.69, 9.17) is 4.74 Å². The van der Waals surface area contributed by atoms with Crippen molar-refractivity contribution in [2.75, 3.05) is 39.4 Å². The molecule has 0 unspecified atom stereocenters. The summed E-state index contributed by atoms with van der Waals surface area (Å²) in [5, 5.41) is 3.05. The number of hydrogen-bond acceptors (Lipinski definition) is 3. The van der Waals surface area contributed by atoms with Crippen LogP contribution in [0.1, 0.15) is 31.4 Å². The van der Waals surface area contributed by atoms with Crippen molar-refractivity contribution in [1.29, 1.82) is 0 Å². The zero-order valence-electron chi connectivity index (χ0n) is 15.1. The molecule has 1 aromatic carbocycles. The van der Waals surface area contributed by atoms with E-state index in [1.54, 1.807) is 0 Å². The number of carbonyl (C=O) groups is 2. The summed E-state index contributed by atoms with van der Waals surface area (Å²) < 4.78 is 6.31. The first-order chi connectivity index (χ1) is 12.5. The van der Waals surface area contributed by atoms with Crippen LogP contribution in [0.5, 0.6) is 0 Å². The van der Waals surface area contributed by atoms with Crippen molar-refractivity contribution in [3.05, 3.63) is 34.3 Å². The van der Waals surface area contributed by atoms with Crippen LogP contribution in [0, 0.1) is 5.92 Å². The Bertz CT molecular complexity index is 641. The Hall–Kier alpha value is -1.60. The van der Waals surface area contributed by atoms with Crippen molar-refractivity contribution >= 4 is 27.9 Å². The van der Waals surface area contributed by atoms with Gasteiger partial charge in [0.1, 0.15) is 0 Å². The lowest BCUT2D eigenvalue weighted by Crippen LogP contribution is -2.49. The van der Waals surface area contributed by atoms with Gasteiger partial charge in [-0.2, -0.15) is 0 Å². The predicted molar refractivity (Wildman–Crippen MR) is 103 cm³/mol. The van der Waals surface area contributed by atoms with Crippen LogP contribution in [0.2, 0.25) is 0 Å². The Labute approximate surface area is 163 Å². The molecule has 6 nitrogen and oxygen atoms in total. The molecule has 2 aliphatic rings. The van der Waals surface area contributed by atoms with E-state index in [1.807, 2.05) is 41.0 Å². The first-order valence-electron chi connectivity index (χ1n) is 9.22. The Morgan fingerprint density at radius 1 is 1.15 bits per heavy atom. The zero-order valence-corrected chi connectivity index (χ0v) is 16.7. The van der Waals surface area contributed by atoms with Crippen LogP contribution in [-0.2, 0) is 9.53 Å². The number of carbonyl (C=O) groups excluding carboxylic acids is 2. The minimum absolute atomic E-state index is 0.0275. The minimum Gasteiger partial charge on any atom is -0.378 e. The number of ether oxygens (including phenoxy) is 1. The molecule has 1 atom stereocenters. The molecule has 2 fully saturated rings. The van der Waals surface area contributed by atoms with E-state index in [2.05, 4.69) is 21.2 Å². The van der Waals surface area contributed by atoms with Gasteiger partial charge >= 0.3 is 6.03 Å². The van der Waals surface area contributed by atoms with Crippen molar-refractivity contribution in [2.45, 2.75) is 25.8 Å². The van der Waals surface area contributed by atoms with Crippen LogP contribution in [-0.4, -0.2) is 61.1 Å². The second-order valence-corrected chi connectivity index (χ2v) is 7.84. The van der Waals surface area contributed by atoms with Gasteiger partial charge in [0.25, 0.3) is 0 Å². The molecule has 142 valence electrons. The lowest BCUT2D eigenvalue weighted by molar-refractivity contribution is -0.141. The molecule has 1 aromatic rings. The molecule has 0 radical (unpaired) electrons. The second-order valence-electron chi connectivity index (χ2n) is 6.93. The van der Waals surface area contributed by atoms with Crippen molar-refractivity contribution in [2.24, 2.45) is 5.92 Å². The molecule has 0 bridgehead atoms. The summed E-state index contributed by atoms with van der Waals surface area (Å²) in [5.74, 6) is 0.246. The average Bonchev–Trinajstić information content (AvgIpc) is 2.68. The highest BCUT2D eigenvalue weighted by Gasteiger charge is 2.31. The Balaban J connectivity index is 1.48. The summed E-state index contributed by atoms with van der Waals surface area (Å²) in [5.41, 5.74) is 1.06. The molecule has 2 aliphatic heterocycles. The maximum absolute atomic E-state index is 12.6. The lowest BCUT2D eigenvalue weighted by Gasteiger charge is -2.35. The number of urea groups is 1. The third-order valence-electron chi connectivity index (χ3n) is 5.14. The summed E-state index contributed by atoms with van der Waals surface area (Å²) in [6.45, 7) is 5.85. The number of nitrogens with one attached hydrogen (secondary N) is 1. The smallest absolute Gasteiger partial charge is 0.317 e. The Kier molecular flexibility index (Phi) is 6.53. The van der Waals surface area contributed by atoms with Gasteiger partial charge in [-0.1, -0.05) is 28.1 Å². The molecule has 3 rings (SSSR count). The van der Waals surface area contributed by atoms with Crippen LogP contribution >= 0.6 is 15.9 Å². The van der Waals surface area contributed by atoms with Crippen molar-refractivity contribution in [3.8, 4) is 0 Å². The molecule has 0 saturated carbocycles. The van der Waals surface area contributed by atoms with Crippen LogP contribution in [0.3, 0.4) is 0 Å². The number of morpholine rings is 1. The number of nitrogens with zero attached hydrogens (tertiary/aromatic N) is 2. The molecule has 0 aromatic heterocycles. The van der Waals surface area contributed by atoms with Gasteiger partial charge in [0, 0.05) is 36.6 Å². The van der Waals surface area contributed by atoms with Gasteiger partial charge in [0.05, 0.1) is 19.3 Å². The average molecular weight is 424 g/mol. The number of rotatable bonds is 3. The van der Waals surface area contributed by atoms with Crippen molar-refractivity contribution in [3.63, 3.8) is 0 Å². The second kappa shape index (κ2) is 8.86. The molecule has 3 amide bonds. The third-order valence-corrected chi connectivity index (χ3v) is 5.64. The Morgan fingerprint density at radius 3 is 2.50 bits per heavy atom. The highest BCUT2D eigenvalue weighted by molar-refractivity contribution is 9.10. The first kappa shape index (κ1) is 19.2. The summed E-state index contributed by atoms with van der Waals surface area (Å²) in [6.07, 6.45) is 1.46. The molecule has 26 heavy (non-hydrogen) atoms. The number of amides is 3. The molecule has 2 heterocycles. The van der Waals surface area contributed by atoms with Crippen LogP contribution in [0.15, 0.2) is 28.7 Å². The van der Waals surface area contributed by atoms with E-state index >= 15 is 0 Å². The molecule has 2 saturated heterocycles. The van der Waals surface area contributed by atoms with E-state index in [9.17, 15) is 9.59 Å². The fourth-order valence-corrected chi connectivity index (χ4v) is 3.92. The van der Waals surface area contributed by atoms with E-state index in [1.165, 1.54) is 0 Å². The van der Waals surface area contributed by atoms with Gasteiger partial charge in [-0.15, -0.1) is 0 Å². The van der Waals surface area contributed by atoms with Gasteiger partial charge in [-0.25, -0.2) is 4.79 Å². The number of likely N-dealkylation sites (tertiary alicyclic amines) is 1. The monoisotopic (exact) mass is 423 g/mol. The first-order valence-corrected chi connectivity index (χ1v) is 10.0. The lowest BCUT2D eigenvalue weighted by atomic mass is 9.95. The topological polar surface area (TPSA) is 61.9 Å². The molecule has 7 heteroatoms. The minimum atomic E-state index is -0.0623. The largest absolute Gasteiger partial charge is 0.378 e. The Morgan fingerprint density at radius 2 is 1.85 bits per heavy atom. The zero-order chi connectivity index (χ0) is 18.5. The molecule has 0 spiro atoms. The maximum Gasteiger partial charge on any atom is 0.317 e. The fourth-order valence-electron chi connectivity index (χ4n) is 3.51. The van der Waals surface area contributed by atoms with E-state index in [0.717, 1.165) is 22.9 Å². The maximum atomic E-state index is 12.6. The van der Waals surface area contributed by atoms with E-state index < -0.39 is 0 Å². The standard InChI is InChI=1S/C19H26BrN3O3/c1-14(16-3-2-4-17(20)13-16)21-19(25)23-7-5-15(6-8-23)18(24)22-9-11-26-12-10-22/h2-4,13-15H,5-12H2,1H3,(H,21,25)/t14-/m1/s1. The number of halogens is 1. The van der Waals surface area contributed by atoms with E-state index in [-0.39, 0.29) is 23.9 Å². The summed E-state index contributed by atoms with van der Waals surface area (Å²) in [4.78, 5) is 28.8. The fraction of sp³-hybridized carbons (Fsp3) is 0.579. The van der Waals surface area contributed by atoms with Crippen LogP contribution < -0.4 is 5.32 Å². The van der Waals surface area contributed by atoms with Crippen molar-refractivity contribution < 1.29 is 14.3 Å². The molecular weight excluding hydrogens is 398 g/mol. The third kappa shape index (κ3) is 4.76. The summed E-state index contributed by atoms with van der Waals surface area (Å²) >= 11 is 3.46. The molecule has 0 aliphatic carbocycles. The van der Waals surface area contributed by atoms with E-state index in [0.29, 0.717) is 39.4 Å². The highest BCUT2D eigenvalue weighted by Crippen LogP contribution is 2.22. The van der Waals surface area contributed by atoms with Gasteiger partial charge < -0.3 is 19.9 Å². The highest BCUT2D eigenvalue weighted by atomic mass is 79.9. The van der Waals surface area contributed by atoms with Crippen molar-refractivity contribution in [1.82, 2.24) is 15.1 Å². The quantitative estimate of drug-likeness (QED) is 0.812. The number of benzene rings is 1. The summed E-state index contributed by atoms with van der Waals surface area (Å²) in [7, 11) is 0. The summed E-state index contributed by atoms with van der Waals surface area (Å²) in [6, 6.07) is 7.82. The van der Waals surface area contributed by atoms with Gasteiger partial charge in [0.2, 0.25) is 5.91 Å². The number of piperidine rings is 1. The molecular formula is C19H26BrN3O3. The number of hydrogen-bond donors (Lipinski definition) is 1. The molecule has 1 N–H and O–H groups in total. The van der Waals surface area contributed by atoms with Gasteiger partial charge in [-0.3, -0.25) is 4.79 Å². The van der Waals surface area contributed by atoms with Gasteiger partial charge in [-0.05, 0) is 37.5 Å². The van der Waals surface area contributed by atoms with Crippen LogP contribution in [0.25, 0.3) is 0 Å². The van der Waals surface area contributed by atoms with Gasteiger partial charge in [0.15, 0.2) is 0 Å². The normalized spacial score (nSPS) is 19.9. The predicted octanol–water partition coefficient (Wildman–Crippen LogP) is 2.79. The SMILES string of the molecule is C[C@@H](NC(=O)N1CCC(C(=O)N2CCOCC2)CC1)c1cccc(Br)c1. The van der Waals surface area contributed by atoms with Crippen LogP contribution in [0.4, 0.5) is 4.79 Å².